The lowest BCUT2D eigenvalue weighted by atomic mass is 10.0. The van der Waals surface area contributed by atoms with Gasteiger partial charge in [-0.2, -0.15) is 0 Å². The third-order valence-electron chi connectivity index (χ3n) is 4.22. The van der Waals surface area contributed by atoms with Gasteiger partial charge in [0.1, 0.15) is 0 Å². The zero-order valence-electron chi connectivity index (χ0n) is 16.7. The van der Waals surface area contributed by atoms with Crippen LogP contribution >= 0.6 is 35.3 Å². The van der Waals surface area contributed by atoms with E-state index in [1.807, 2.05) is 19.3 Å². The van der Waals surface area contributed by atoms with Gasteiger partial charge in [-0.15, -0.1) is 35.3 Å². The van der Waals surface area contributed by atoms with Gasteiger partial charge in [0, 0.05) is 49.4 Å². The van der Waals surface area contributed by atoms with Gasteiger partial charge in [-0.1, -0.05) is 39.0 Å². The highest BCUT2D eigenvalue weighted by atomic mass is 127. The second-order valence-electron chi connectivity index (χ2n) is 6.56. The van der Waals surface area contributed by atoms with Crippen LogP contribution in [0.1, 0.15) is 30.7 Å². The molecule has 3 N–H and O–H groups in total. The molecule has 0 fully saturated rings. The largest absolute Gasteiger partial charge is 0.380 e. The molecule has 0 amide bonds. The Labute approximate surface area is 184 Å². The maximum absolute atomic E-state index is 4.46. The number of hydrogen-bond acceptors (Lipinski definition) is 4. The van der Waals surface area contributed by atoms with Gasteiger partial charge >= 0.3 is 0 Å². The molecule has 0 saturated carbocycles. The molecule has 0 bridgehead atoms. The van der Waals surface area contributed by atoms with Crippen LogP contribution < -0.4 is 16.0 Å². The highest BCUT2D eigenvalue weighted by Crippen LogP contribution is 2.13. The Bertz CT molecular complexity index is 672. The number of benzene rings is 1. The molecule has 0 aliphatic rings. The number of rotatable bonds is 9. The summed E-state index contributed by atoms with van der Waals surface area (Å²) >= 11 is 1.79. The normalized spacial score (nSPS) is 12.4. The number of nitrogens with one attached hydrogen (secondary N) is 3. The van der Waals surface area contributed by atoms with Gasteiger partial charge < -0.3 is 16.0 Å². The second-order valence-corrected chi connectivity index (χ2v) is 7.76. The number of aliphatic imine (C=N–C) groups is 1. The van der Waals surface area contributed by atoms with Crippen molar-refractivity contribution in [1.29, 1.82) is 0 Å². The van der Waals surface area contributed by atoms with E-state index in [-0.39, 0.29) is 24.0 Å². The van der Waals surface area contributed by atoms with E-state index in [0.29, 0.717) is 12.0 Å². The first-order valence-corrected chi connectivity index (χ1v) is 10.1. The Hall–Kier alpha value is -1.35. The lowest BCUT2D eigenvalue weighted by Crippen LogP contribution is -2.45. The molecule has 2 aromatic rings. The highest BCUT2D eigenvalue weighted by Gasteiger charge is 2.13. The predicted molar refractivity (Wildman–Crippen MR) is 129 cm³/mol. The zero-order valence-corrected chi connectivity index (χ0v) is 19.8. The van der Waals surface area contributed by atoms with E-state index in [0.717, 1.165) is 37.6 Å². The van der Waals surface area contributed by atoms with E-state index in [4.69, 9.17) is 0 Å². The first-order valence-electron chi connectivity index (χ1n) is 9.32. The molecular formula is C20H32IN5S. The first kappa shape index (κ1) is 23.7. The van der Waals surface area contributed by atoms with Gasteiger partial charge in [0.25, 0.3) is 0 Å². The van der Waals surface area contributed by atoms with Crippen LogP contribution in [0.4, 0.5) is 5.69 Å². The van der Waals surface area contributed by atoms with E-state index in [1.54, 1.807) is 11.3 Å². The molecule has 2 rings (SSSR count). The summed E-state index contributed by atoms with van der Waals surface area (Å²) in [6, 6.07) is 10.7. The van der Waals surface area contributed by atoms with Crippen molar-refractivity contribution in [3.05, 3.63) is 46.4 Å². The maximum Gasteiger partial charge on any atom is 0.191 e. The molecule has 1 unspecified atom stereocenters. The lowest BCUT2D eigenvalue weighted by molar-refractivity contribution is 0.512. The standard InChI is InChI=1S/C20H31N5S.HI/c1-5-17-13-23-19(26-17)11-12-22-20(21-4)24-14-18(15(2)3)25-16-9-7-6-8-10-16;/h6-10,13,15,18,25H,5,11-12,14H2,1-4H3,(H2,21,22,24);1H. The number of thiazole rings is 1. The molecule has 0 aliphatic carbocycles. The minimum atomic E-state index is 0. The van der Waals surface area contributed by atoms with Crippen molar-refractivity contribution in [1.82, 2.24) is 15.6 Å². The molecule has 150 valence electrons. The van der Waals surface area contributed by atoms with E-state index < -0.39 is 0 Å². The summed E-state index contributed by atoms with van der Waals surface area (Å²) in [5.41, 5.74) is 1.14. The van der Waals surface area contributed by atoms with Crippen LogP contribution in [0.15, 0.2) is 41.5 Å². The summed E-state index contributed by atoms with van der Waals surface area (Å²) in [5.74, 6) is 1.33. The maximum atomic E-state index is 4.46. The van der Waals surface area contributed by atoms with Crippen LogP contribution in [0.25, 0.3) is 0 Å². The molecule has 27 heavy (non-hydrogen) atoms. The predicted octanol–water partition coefficient (Wildman–Crippen LogP) is 4.17. The summed E-state index contributed by atoms with van der Waals surface area (Å²) in [6.45, 7) is 8.26. The van der Waals surface area contributed by atoms with Crippen LogP contribution in [0.2, 0.25) is 0 Å². The van der Waals surface area contributed by atoms with E-state index in [1.165, 1.54) is 9.88 Å². The molecule has 1 aromatic carbocycles. The van der Waals surface area contributed by atoms with Crippen LogP contribution in [0.5, 0.6) is 0 Å². The van der Waals surface area contributed by atoms with Crippen LogP contribution in [0, 0.1) is 5.92 Å². The number of anilines is 1. The van der Waals surface area contributed by atoms with Gasteiger partial charge in [0.05, 0.1) is 5.01 Å². The number of aromatic nitrogens is 1. The molecule has 0 radical (unpaired) electrons. The Kier molecular flexibility index (Phi) is 11.3. The summed E-state index contributed by atoms with van der Waals surface area (Å²) < 4.78 is 0. The minimum absolute atomic E-state index is 0. The molecule has 1 aromatic heterocycles. The SMILES string of the molecule is CCc1cnc(CCNC(=NC)NCC(Nc2ccccc2)C(C)C)s1.I. The Morgan fingerprint density at radius 2 is 1.93 bits per heavy atom. The number of hydrogen-bond donors (Lipinski definition) is 3. The average Bonchev–Trinajstić information content (AvgIpc) is 3.12. The first-order chi connectivity index (χ1) is 12.6. The third kappa shape index (κ3) is 8.47. The van der Waals surface area contributed by atoms with E-state index in [9.17, 15) is 0 Å². The summed E-state index contributed by atoms with van der Waals surface area (Å²) in [7, 11) is 1.81. The highest BCUT2D eigenvalue weighted by molar-refractivity contribution is 14.0. The van der Waals surface area contributed by atoms with Gasteiger partial charge in [-0.3, -0.25) is 4.99 Å². The van der Waals surface area contributed by atoms with Crippen molar-refractivity contribution < 1.29 is 0 Å². The number of guanidine groups is 1. The summed E-state index contributed by atoms with van der Waals surface area (Å²) in [4.78, 5) is 10.1. The molecule has 7 heteroatoms. The quantitative estimate of drug-likeness (QED) is 0.274. The van der Waals surface area contributed by atoms with Gasteiger partial charge in [0.15, 0.2) is 5.96 Å². The van der Waals surface area contributed by atoms with Crippen molar-refractivity contribution in [2.45, 2.75) is 39.7 Å². The monoisotopic (exact) mass is 501 g/mol. The number of para-hydroxylation sites is 1. The molecule has 1 heterocycles. The smallest absolute Gasteiger partial charge is 0.191 e. The van der Waals surface area contributed by atoms with Crippen LogP contribution in [-0.4, -0.2) is 37.1 Å². The summed E-state index contributed by atoms with van der Waals surface area (Å²) in [6.07, 6.45) is 3.95. The molecule has 0 spiro atoms. The Morgan fingerprint density at radius 3 is 2.52 bits per heavy atom. The summed E-state index contributed by atoms with van der Waals surface area (Å²) in [5, 5.41) is 11.6. The molecular weight excluding hydrogens is 469 g/mol. The zero-order chi connectivity index (χ0) is 18.8. The number of halogens is 1. The van der Waals surface area contributed by atoms with E-state index in [2.05, 4.69) is 71.0 Å². The average molecular weight is 501 g/mol. The van der Waals surface area contributed by atoms with Crippen LogP contribution in [-0.2, 0) is 12.8 Å². The third-order valence-corrected chi connectivity index (χ3v) is 5.43. The van der Waals surface area contributed by atoms with Gasteiger partial charge in [0.2, 0.25) is 0 Å². The fourth-order valence-corrected chi connectivity index (χ4v) is 3.41. The van der Waals surface area contributed by atoms with Crippen LogP contribution in [0.3, 0.4) is 0 Å². The van der Waals surface area contributed by atoms with Crippen molar-refractivity contribution in [2.75, 3.05) is 25.5 Å². The topological polar surface area (TPSA) is 61.3 Å². The Balaban J connectivity index is 0.00000364. The van der Waals surface area contributed by atoms with Gasteiger partial charge in [-0.05, 0) is 24.5 Å². The van der Waals surface area contributed by atoms with Gasteiger partial charge in [-0.25, -0.2) is 4.98 Å². The number of nitrogens with zero attached hydrogens (tertiary/aromatic N) is 2. The molecule has 0 saturated heterocycles. The number of aryl methyl sites for hydroxylation is 1. The van der Waals surface area contributed by atoms with Crippen molar-refractivity contribution >= 4 is 47.0 Å². The van der Waals surface area contributed by atoms with Crippen molar-refractivity contribution in [3.8, 4) is 0 Å². The van der Waals surface area contributed by atoms with E-state index >= 15 is 0 Å². The minimum Gasteiger partial charge on any atom is -0.380 e. The fourth-order valence-electron chi connectivity index (χ4n) is 2.54. The van der Waals surface area contributed by atoms with Crippen molar-refractivity contribution in [2.24, 2.45) is 10.9 Å². The molecule has 5 nitrogen and oxygen atoms in total. The fraction of sp³-hybridized carbons (Fsp3) is 0.500. The molecule has 1 atom stereocenters. The van der Waals surface area contributed by atoms with Crippen molar-refractivity contribution in [3.63, 3.8) is 0 Å². The lowest BCUT2D eigenvalue weighted by Gasteiger charge is -2.25. The molecule has 0 aliphatic heterocycles. The second kappa shape index (κ2) is 12.9. The Morgan fingerprint density at radius 1 is 1.19 bits per heavy atom.